The molecule has 0 saturated heterocycles. The van der Waals surface area contributed by atoms with Crippen molar-refractivity contribution in [2.24, 2.45) is 0 Å². The quantitative estimate of drug-likeness (QED) is 0.807. The first-order valence-corrected chi connectivity index (χ1v) is 7.22. The number of aryl methyl sites for hydroxylation is 1. The molecule has 0 atom stereocenters. The first-order chi connectivity index (χ1) is 10.1. The summed E-state index contributed by atoms with van der Waals surface area (Å²) >= 11 is 0. The Morgan fingerprint density at radius 1 is 0.952 bits per heavy atom. The van der Waals surface area contributed by atoms with Crippen LogP contribution in [0.2, 0.25) is 0 Å². The highest BCUT2D eigenvalue weighted by atomic mass is 16.4. The Labute approximate surface area is 125 Å². The maximum atomic E-state index is 11.7. The summed E-state index contributed by atoms with van der Waals surface area (Å²) in [5.74, 6) is -0.837. The Balaban J connectivity index is 2.67. The molecule has 0 heterocycles. The van der Waals surface area contributed by atoms with Crippen molar-refractivity contribution < 1.29 is 9.90 Å². The van der Waals surface area contributed by atoms with Crippen LogP contribution < -0.4 is 0 Å². The fraction of sp³-hybridized carbons (Fsp3) is 0.211. The molecule has 2 aromatic rings. The van der Waals surface area contributed by atoms with Gasteiger partial charge in [0.2, 0.25) is 0 Å². The number of hydrogen-bond acceptors (Lipinski definition) is 1. The largest absolute Gasteiger partial charge is 0.478 e. The fourth-order valence-corrected chi connectivity index (χ4v) is 2.43. The molecule has 2 rings (SSSR count). The Hall–Kier alpha value is -2.35. The lowest BCUT2D eigenvalue weighted by Crippen LogP contribution is -2.05. The standard InChI is InChI=1S/C19H20O2/c1-3-7-17(19(20)21)18(15-8-5-4-6-9-15)16-12-10-14(2)11-13-16/h4-6,8-13H,3,7H2,1-2H3,(H,20,21). The smallest absolute Gasteiger partial charge is 0.332 e. The summed E-state index contributed by atoms with van der Waals surface area (Å²) in [6.45, 7) is 4.03. The second-order valence-electron chi connectivity index (χ2n) is 5.14. The summed E-state index contributed by atoms with van der Waals surface area (Å²) in [7, 11) is 0. The third-order valence-electron chi connectivity index (χ3n) is 3.46. The van der Waals surface area contributed by atoms with Crippen LogP contribution in [0.15, 0.2) is 60.2 Å². The summed E-state index contributed by atoms with van der Waals surface area (Å²) in [6.07, 6.45) is 1.37. The van der Waals surface area contributed by atoms with E-state index >= 15 is 0 Å². The van der Waals surface area contributed by atoms with Crippen LogP contribution in [-0.2, 0) is 4.79 Å². The number of rotatable bonds is 5. The molecule has 0 aliphatic rings. The molecular weight excluding hydrogens is 260 g/mol. The minimum Gasteiger partial charge on any atom is -0.478 e. The SMILES string of the molecule is CCCC(C(=O)O)=C(c1ccccc1)c1ccc(C)cc1. The first-order valence-electron chi connectivity index (χ1n) is 7.22. The van der Waals surface area contributed by atoms with Gasteiger partial charge in [-0.1, -0.05) is 73.5 Å². The fourth-order valence-electron chi connectivity index (χ4n) is 2.43. The van der Waals surface area contributed by atoms with Crippen molar-refractivity contribution >= 4 is 11.5 Å². The number of carbonyl (C=O) groups is 1. The molecule has 0 unspecified atom stereocenters. The van der Waals surface area contributed by atoms with Crippen molar-refractivity contribution in [1.29, 1.82) is 0 Å². The maximum absolute atomic E-state index is 11.7. The zero-order chi connectivity index (χ0) is 15.2. The van der Waals surface area contributed by atoms with Gasteiger partial charge < -0.3 is 5.11 Å². The molecular formula is C19H20O2. The molecule has 0 saturated carbocycles. The van der Waals surface area contributed by atoms with Gasteiger partial charge in [-0.25, -0.2) is 4.79 Å². The minimum atomic E-state index is -0.837. The number of aliphatic carboxylic acids is 1. The van der Waals surface area contributed by atoms with E-state index in [1.807, 2.05) is 68.4 Å². The predicted molar refractivity (Wildman–Crippen MR) is 86.2 cm³/mol. The molecule has 0 spiro atoms. The van der Waals surface area contributed by atoms with Crippen LogP contribution in [-0.4, -0.2) is 11.1 Å². The molecule has 108 valence electrons. The maximum Gasteiger partial charge on any atom is 0.332 e. The van der Waals surface area contributed by atoms with E-state index < -0.39 is 5.97 Å². The Morgan fingerprint density at radius 2 is 1.52 bits per heavy atom. The van der Waals surface area contributed by atoms with Crippen molar-refractivity contribution in [3.8, 4) is 0 Å². The molecule has 0 radical (unpaired) electrons. The van der Waals surface area contributed by atoms with Gasteiger partial charge in [0.15, 0.2) is 0 Å². The third kappa shape index (κ3) is 3.60. The van der Waals surface area contributed by atoms with Crippen molar-refractivity contribution in [3.05, 3.63) is 76.9 Å². The van der Waals surface area contributed by atoms with Crippen LogP contribution >= 0.6 is 0 Å². The number of carboxylic acids is 1. The molecule has 0 fully saturated rings. The number of hydrogen-bond donors (Lipinski definition) is 1. The van der Waals surface area contributed by atoms with E-state index in [1.54, 1.807) is 0 Å². The average Bonchev–Trinajstić information content (AvgIpc) is 2.49. The topological polar surface area (TPSA) is 37.3 Å². The van der Waals surface area contributed by atoms with E-state index in [9.17, 15) is 9.90 Å². The van der Waals surface area contributed by atoms with Crippen molar-refractivity contribution in [2.75, 3.05) is 0 Å². The lowest BCUT2D eigenvalue weighted by Gasteiger charge is -2.13. The van der Waals surface area contributed by atoms with Gasteiger partial charge in [-0.05, 0) is 30.0 Å². The van der Waals surface area contributed by atoms with Gasteiger partial charge in [-0.2, -0.15) is 0 Å². The van der Waals surface area contributed by atoms with Gasteiger partial charge >= 0.3 is 5.97 Å². The zero-order valence-corrected chi connectivity index (χ0v) is 12.5. The third-order valence-corrected chi connectivity index (χ3v) is 3.46. The lowest BCUT2D eigenvalue weighted by molar-refractivity contribution is -0.132. The van der Waals surface area contributed by atoms with Gasteiger partial charge in [0, 0.05) is 5.57 Å². The summed E-state index contributed by atoms with van der Waals surface area (Å²) < 4.78 is 0. The van der Waals surface area contributed by atoms with Crippen molar-refractivity contribution in [1.82, 2.24) is 0 Å². The van der Waals surface area contributed by atoms with Gasteiger partial charge in [-0.15, -0.1) is 0 Å². The highest BCUT2D eigenvalue weighted by Crippen LogP contribution is 2.29. The summed E-state index contributed by atoms with van der Waals surface area (Å²) in [5.41, 5.74) is 4.38. The molecule has 0 aromatic heterocycles. The highest BCUT2D eigenvalue weighted by molar-refractivity contribution is 6.00. The van der Waals surface area contributed by atoms with Crippen LogP contribution in [0.3, 0.4) is 0 Å². The van der Waals surface area contributed by atoms with Gasteiger partial charge in [0.25, 0.3) is 0 Å². The van der Waals surface area contributed by atoms with Gasteiger partial charge in [0.05, 0.1) is 0 Å². The van der Waals surface area contributed by atoms with Crippen molar-refractivity contribution in [3.63, 3.8) is 0 Å². The van der Waals surface area contributed by atoms with Gasteiger partial charge in [0.1, 0.15) is 0 Å². The number of carboxylic acid groups (broad SMARTS) is 1. The minimum absolute atomic E-state index is 0.479. The molecule has 2 heteroatoms. The Kier molecular flexibility index (Phi) is 4.94. The van der Waals surface area contributed by atoms with Crippen molar-refractivity contribution in [2.45, 2.75) is 26.7 Å². The average molecular weight is 280 g/mol. The van der Waals surface area contributed by atoms with Gasteiger partial charge in [-0.3, -0.25) is 0 Å². The monoisotopic (exact) mass is 280 g/mol. The van der Waals surface area contributed by atoms with E-state index in [2.05, 4.69) is 0 Å². The molecule has 0 aliphatic heterocycles. The molecule has 0 amide bonds. The van der Waals surface area contributed by atoms with E-state index in [4.69, 9.17) is 0 Å². The van der Waals surface area contributed by atoms with Crippen LogP contribution in [0.25, 0.3) is 5.57 Å². The predicted octanol–water partition coefficient (Wildman–Crippen LogP) is 4.68. The van der Waals surface area contributed by atoms with E-state index in [1.165, 1.54) is 5.56 Å². The first kappa shape index (κ1) is 15.0. The van der Waals surface area contributed by atoms with Crippen LogP contribution in [0, 0.1) is 6.92 Å². The van der Waals surface area contributed by atoms with Crippen LogP contribution in [0.1, 0.15) is 36.5 Å². The highest BCUT2D eigenvalue weighted by Gasteiger charge is 2.16. The zero-order valence-electron chi connectivity index (χ0n) is 12.5. The summed E-state index contributed by atoms with van der Waals surface area (Å²) in [5, 5.41) is 9.59. The molecule has 0 aliphatic carbocycles. The second-order valence-corrected chi connectivity index (χ2v) is 5.14. The molecule has 1 N–H and O–H groups in total. The molecule has 2 nitrogen and oxygen atoms in total. The molecule has 21 heavy (non-hydrogen) atoms. The van der Waals surface area contributed by atoms with Crippen LogP contribution in [0.5, 0.6) is 0 Å². The Bertz CT molecular complexity index is 637. The second kappa shape index (κ2) is 6.89. The van der Waals surface area contributed by atoms with Crippen LogP contribution in [0.4, 0.5) is 0 Å². The Morgan fingerprint density at radius 3 is 2.05 bits per heavy atom. The lowest BCUT2D eigenvalue weighted by atomic mass is 9.90. The van der Waals surface area contributed by atoms with E-state index in [0.29, 0.717) is 12.0 Å². The van der Waals surface area contributed by atoms with E-state index in [0.717, 1.165) is 23.1 Å². The number of benzene rings is 2. The van der Waals surface area contributed by atoms with E-state index in [-0.39, 0.29) is 0 Å². The summed E-state index contributed by atoms with van der Waals surface area (Å²) in [4.78, 5) is 11.7. The molecule has 2 aromatic carbocycles. The normalized spacial score (nSPS) is 11.9. The summed E-state index contributed by atoms with van der Waals surface area (Å²) in [6, 6.07) is 17.8. The molecule has 0 bridgehead atoms.